The van der Waals surface area contributed by atoms with Crippen LogP contribution in [0.15, 0.2) is 15.2 Å². The number of ether oxygens (including phenoxy) is 1. The molecule has 0 N–H and O–H groups in total. The predicted octanol–water partition coefficient (Wildman–Crippen LogP) is 2.91. The van der Waals surface area contributed by atoms with Crippen LogP contribution >= 0.6 is 27.3 Å². The number of rotatable bonds is 2. The van der Waals surface area contributed by atoms with Gasteiger partial charge in [0.25, 0.3) is 0 Å². The lowest BCUT2D eigenvalue weighted by Crippen LogP contribution is -1.88. The second kappa shape index (κ2) is 3.22. The molecule has 1 aromatic rings. The summed E-state index contributed by atoms with van der Waals surface area (Å²) in [5, 5.41) is 3.98. The van der Waals surface area contributed by atoms with Crippen molar-refractivity contribution in [2.24, 2.45) is 0 Å². The molecule has 0 amide bonds. The minimum absolute atomic E-state index is 0.731. The van der Waals surface area contributed by atoms with Gasteiger partial charge in [-0.25, -0.2) is 0 Å². The van der Waals surface area contributed by atoms with Crippen molar-refractivity contribution in [2.75, 3.05) is 6.61 Å². The van der Waals surface area contributed by atoms with Crippen LogP contribution in [0.5, 0.6) is 5.75 Å². The van der Waals surface area contributed by atoms with E-state index in [2.05, 4.69) is 15.9 Å². The fraction of sp³-hybridized carbons (Fsp3) is 0.333. The van der Waals surface area contributed by atoms with E-state index in [1.165, 1.54) is 0 Å². The van der Waals surface area contributed by atoms with Crippen LogP contribution in [-0.2, 0) is 0 Å². The summed E-state index contributed by atoms with van der Waals surface area (Å²) >= 11 is 4.99. The maximum Gasteiger partial charge on any atom is 0.144 e. The molecule has 50 valence electrons. The number of thiophene rings is 1. The van der Waals surface area contributed by atoms with E-state index in [9.17, 15) is 0 Å². The highest BCUT2D eigenvalue weighted by Crippen LogP contribution is 2.28. The van der Waals surface area contributed by atoms with Crippen molar-refractivity contribution in [3.05, 3.63) is 15.2 Å². The van der Waals surface area contributed by atoms with Crippen LogP contribution in [0.3, 0.4) is 0 Å². The third-order valence-electron chi connectivity index (χ3n) is 0.882. The summed E-state index contributed by atoms with van der Waals surface area (Å²) in [7, 11) is 0. The van der Waals surface area contributed by atoms with Crippen LogP contribution in [0.4, 0.5) is 0 Å². The average molecular weight is 207 g/mol. The van der Waals surface area contributed by atoms with Crippen LogP contribution in [0.1, 0.15) is 6.92 Å². The Labute approximate surface area is 66.8 Å². The van der Waals surface area contributed by atoms with Crippen molar-refractivity contribution >= 4 is 27.3 Å². The normalized spacial score (nSPS) is 9.56. The van der Waals surface area contributed by atoms with Crippen molar-refractivity contribution in [3.8, 4) is 5.75 Å². The minimum atomic E-state index is 0.731. The van der Waals surface area contributed by atoms with Crippen LogP contribution in [0.2, 0.25) is 0 Å². The fourth-order valence-corrected chi connectivity index (χ4v) is 1.85. The first kappa shape index (κ1) is 7.09. The van der Waals surface area contributed by atoms with Gasteiger partial charge in [-0.2, -0.15) is 0 Å². The molecule has 0 bridgehead atoms. The lowest BCUT2D eigenvalue weighted by molar-refractivity contribution is 0.340. The zero-order valence-corrected chi connectivity index (χ0v) is 7.46. The molecule has 3 heteroatoms. The third kappa shape index (κ3) is 1.69. The largest absolute Gasteiger partial charge is 0.492 e. The molecule has 1 aromatic heterocycles. The molecular weight excluding hydrogens is 200 g/mol. The van der Waals surface area contributed by atoms with Gasteiger partial charge in [-0.05, 0) is 22.9 Å². The molecule has 0 aliphatic heterocycles. The van der Waals surface area contributed by atoms with Crippen LogP contribution in [-0.4, -0.2) is 6.61 Å². The average Bonchev–Trinajstić information content (AvgIpc) is 2.18. The van der Waals surface area contributed by atoms with Crippen molar-refractivity contribution in [1.82, 2.24) is 0 Å². The van der Waals surface area contributed by atoms with Gasteiger partial charge >= 0.3 is 0 Å². The molecule has 0 aliphatic carbocycles. The van der Waals surface area contributed by atoms with E-state index < -0.39 is 0 Å². The molecule has 0 aliphatic rings. The zero-order chi connectivity index (χ0) is 6.69. The summed E-state index contributed by atoms with van der Waals surface area (Å²) in [5.74, 6) is 0.947. The Morgan fingerprint density at radius 1 is 1.67 bits per heavy atom. The van der Waals surface area contributed by atoms with E-state index in [4.69, 9.17) is 4.74 Å². The number of hydrogen-bond acceptors (Lipinski definition) is 2. The molecule has 1 nitrogen and oxygen atoms in total. The Kier molecular flexibility index (Phi) is 2.54. The number of halogens is 1. The molecule has 0 spiro atoms. The Morgan fingerprint density at radius 2 is 2.44 bits per heavy atom. The maximum absolute atomic E-state index is 5.24. The smallest absolute Gasteiger partial charge is 0.144 e. The van der Waals surface area contributed by atoms with E-state index in [1.807, 2.05) is 17.7 Å². The quantitative estimate of drug-likeness (QED) is 0.724. The summed E-state index contributed by atoms with van der Waals surface area (Å²) in [6.45, 7) is 2.71. The highest BCUT2D eigenvalue weighted by Gasteiger charge is 1.97. The van der Waals surface area contributed by atoms with E-state index >= 15 is 0 Å². The van der Waals surface area contributed by atoms with Crippen LogP contribution < -0.4 is 4.74 Å². The Bertz CT molecular complexity index is 185. The summed E-state index contributed by atoms with van der Waals surface area (Å²) in [6.07, 6.45) is 0. The second-order valence-corrected chi connectivity index (χ2v) is 3.11. The summed E-state index contributed by atoms with van der Waals surface area (Å²) in [5.41, 5.74) is 0. The van der Waals surface area contributed by atoms with Crippen molar-refractivity contribution in [2.45, 2.75) is 6.92 Å². The standard InChI is InChI=1S/C6H7BrOS/c1-2-8-6-4-9-3-5(6)7/h3-4H,2H2,1H3. The predicted molar refractivity (Wildman–Crippen MR) is 43.2 cm³/mol. The monoisotopic (exact) mass is 206 g/mol. The van der Waals surface area contributed by atoms with E-state index in [1.54, 1.807) is 11.3 Å². The summed E-state index contributed by atoms with van der Waals surface area (Å²) < 4.78 is 6.29. The molecule has 0 radical (unpaired) electrons. The summed E-state index contributed by atoms with van der Waals surface area (Å²) in [4.78, 5) is 0. The molecule has 0 unspecified atom stereocenters. The highest BCUT2D eigenvalue weighted by molar-refractivity contribution is 9.10. The maximum atomic E-state index is 5.24. The SMILES string of the molecule is CCOc1cscc1Br. The van der Waals surface area contributed by atoms with Crippen molar-refractivity contribution in [1.29, 1.82) is 0 Å². The van der Waals surface area contributed by atoms with Crippen molar-refractivity contribution in [3.63, 3.8) is 0 Å². The lowest BCUT2D eigenvalue weighted by atomic mass is 10.6. The Hall–Kier alpha value is -0.0200. The first-order valence-corrected chi connectivity index (χ1v) is 4.42. The number of hydrogen-bond donors (Lipinski definition) is 0. The van der Waals surface area contributed by atoms with E-state index in [-0.39, 0.29) is 0 Å². The van der Waals surface area contributed by atoms with Gasteiger partial charge in [-0.15, -0.1) is 11.3 Å². The van der Waals surface area contributed by atoms with Gasteiger partial charge in [0.05, 0.1) is 11.1 Å². The van der Waals surface area contributed by atoms with Gasteiger partial charge in [-0.1, -0.05) is 0 Å². The Morgan fingerprint density at radius 3 is 2.89 bits per heavy atom. The van der Waals surface area contributed by atoms with Crippen LogP contribution in [0, 0.1) is 0 Å². The van der Waals surface area contributed by atoms with Crippen molar-refractivity contribution < 1.29 is 4.74 Å². The molecule has 1 rings (SSSR count). The van der Waals surface area contributed by atoms with Gasteiger partial charge in [-0.3, -0.25) is 0 Å². The molecule has 0 saturated heterocycles. The zero-order valence-electron chi connectivity index (χ0n) is 5.06. The van der Waals surface area contributed by atoms with Gasteiger partial charge in [0.1, 0.15) is 5.75 Å². The third-order valence-corrected chi connectivity index (χ3v) is 2.53. The van der Waals surface area contributed by atoms with Gasteiger partial charge < -0.3 is 4.74 Å². The molecular formula is C6H7BrOS. The van der Waals surface area contributed by atoms with Crippen LogP contribution in [0.25, 0.3) is 0 Å². The highest BCUT2D eigenvalue weighted by atomic mass is 79.9. The molecule has 0 aromatic carbocycles. The first-order chi connectivity index (χ1) is 4.34. The lowest BCUT2D eigenvalue weighted by Gasteiger charge is -1.97. The molecule has 0 saturated carbocycles. The topological polar surface area (TPSA) is 9.23 Å². The van der Waals surface area contributed by atoms with Gasteiger partial charge in [0, 0.05) is 10.8 Å². The van der Waals surface area contributed by atoms with Gasteiger partial charge in [0.2, 0.25) is 0 Å². The molecule has 1 heterocycles. The Balaban J connectivity index is 2.69. The minimum Gasteiger partial charge on any atom is -0.492 e. The fourth-order valence-electron chi connectivity index (χ4n) is 0.528. The molecule has 0 atom stereocenters. The summed E-state index contributed by atoms with van der Waals surface area (Å²) in [6, 6.07) is 0. The second-order valence-electron chi connectivity index (χ2n) is 1.52. The van der Waals surface area contributed by atoms with E-state index in [0.29, 0.717) is 0 Å². The van der Waals surface area contributed by atoms with Gasteiger partial charge in [0.15, 0.2) is 0 Å². The van der Waals surface area contributed by atoms with E-state index in [0.717, 1.165) is 16.8 Å². The molecule has 9 heavy (non-hydrogen) atoms. The molecule has 0 fully saturated rings. The first-order valence-electron chi connectivity index (χ1n) is 2.69.